The van der Waals surface area contributed by atoms with E-state index < -0.39 is 0 Å². The highest BCUT2D eigenvalue weighted by molar-refractivity contribution is 5.49. The van der Waals surface area contributed by atoms with Gasteiger partial charge in [-0.3, -0.25) is 0 Å². The summed E-state index contributed by atoms with van der Waals surface area (Å²) in [7, 11) is 1.74. The molecule has 1 aromatic rings. The van der Waals surface area contributed by atoms with E-state index in [2.05, 4.69) is 11.8 Å². The third kappa shape index (κ3) is 3.70. The van der Waals surface area contributed by atoms with Crippen LogP contribution in [0.3, 0.4) is 0 Å². The lowest BCUT2D eigenvalue weighted by atomic mass is 10.0. The number of nitrogens with zero attached hydrogens (tertiary/aromatic N) is 1. The Morgan fingerprint density at radius 2 is 2.10 bits per heavy atom. The molecule has 0 aliphatic carbocycles. The standard InChI is InChI=1S/C16H25FN2O/c1-3-13(18)10-12-4-5-16(15(17)11-12)19-8-6-14(20-2)7-9-19/h4-5,11,13-14H,3,6-10,18H2,1-2H3. The first kappa shape index (κ1) is 15.3. The highest BCUT2D eigenvalue weighted by Crippen LogP contribution is 2.25. The predicted molar refractivity (Wildman–Crippen MR) is 80.6 cm³/mol. The maximum Gasteiger partial charge on any atom is 0.146 e. The van der Waals surface area contributed by atoms with E-state index in [0.29, 0.717) is 11.8 Å². The number of methoxy groups -OCH3 is 1. The number of hydrogen-bond donors (Lipinski definition) is 1. The molecule has 0 saturated carbocycles. The molecule has 2 rings (SSSR count). The zero-order valence-electron chi connectivity index (χ0n) is 12.4. The molecule has 1 aliphatic heterocycles. The largest absolute Gasteiger partial charge is 0.381 e. The molecule has 4 heteroatoms. The van der Waals surface area contributed by atoms with Gasteiger partial charge in [-0.1, -0.05) is 13.0 Å². The summed E-state index contributed by atoms with van der Waals surface area (Å²) in [5, 5.41) is 0. The second-order valence-corrected chi connectivity index (χ2v) is 5.58. The molecule has 3 nitrogen and oxygen atoms in total. The van der Waals surface area contributed by atoms with Gasteiger partial charge in [0, 0.05) is 26.2 Å². The molecule has 0 radical (unpaired) electrons. The number of ether oxygens (including phenoxy) is 1. The van der Waals surface area contributed by atoms with Crippen LogP contribution < -0.4 is 10.6 Å². The summed E-state index contributed by atoms with van der Waals surface area (Å²) in [4.78, 5) is 2.11. The molecular formula is C16H25FN2O. The molecule has 2 N–H and O–H groups in total. The lowest BCUT2D eigenvalue weighted by Gasteiger charge is -2.33. The van der Waals surface area contributed by atoms with Crippen molar-refractivity contribution >= 4 is 5.69 Å². The Bertz CT molecular complexity index is 430. The van der Waals surface area contributed by atoms with Crippen molar-refractivity contribution in [1.29, 1.82) is 0 Å². The van der Waals surface area contributed by atoms with E-state index in [1.165, 1.54) is 0 Å². The summed E-state index contributed by atoms with van der Waals surface area (Å²) in [6, 6.07) is 5.63. The van der Waals surface area contributed by atoms with Crippen LogP contribution in [-0.2, 0) is 11.2 Å². The third-order valence-corrected chi connectivity index (χ3v) is 4.15. The van der Waals surface area contributed by atoms with E-state index in [-0.39, 0.29) is 11.9 Å². The summed E-state index contributed by atoms with van der Waals surface area (Å²) in [5.74, 6) is -0.137. The molecule has 1 aromatic carbocycles. The number of halogens is 1. The van der Waals surface area contributed by atoms with Gasteiger partial charge in [0.25, 0.3) is 0 Å². The Labute approximate surface area is 120 Å². The zero-order chi connectivity index (χ0) is 14.5. The number of hydrogen-bond acceptors (Lipinski definition) is 3. The first-order valence-corrected chi connectivity index (χ1v) is 7.45. The van der Waals surface area contributed by atoms with Gasteiger partial charge in [0.1, 0.15) is 5.82 Å². The molecule has 1 fully saturated rings. The fourth-order valence-corrected chi connectivity index (χ4v) is 2.71. The number of benzene rings is 1. The molecule has 0 spiro atoms. The average Bonchev–Trinajstić information content (AvgIpc) is 2.47. The maximum absolute atomic E-state index is 14.3. The van der Waals surface area contributed by atoms with Crippen LogP contribution in [0.25, 0.3) is 0 Å². The monoisotopic (exact) mass is 280 g/mol. The van der Waals surface area contributed by atoms with Crippen LogP contribution in [-0.4, -0.2) is 32.3 Å². The maximum atomic E-state index is 14.3. The zero-order valence-corrected chi connectivity index (χ0v) is 12.4. The van der Waals surface area contributed by atoms with Crippen LogP contribution in [0.1, 0.15) is 31.7 Å². The van der Waals surface area contributed by atoms with Crippen LogP contribution in [0.4, 0.5) is 10.1 Å². The van der Waals surface area contributed by atoms with Crippen molar-refractivity contribution in [3.05, 3.63) is 29.6 Å². The van der Waals surface area contributed by atoms with Crippen LogP contribution in [0.5, 0.6) is 0 Å². The molecule has 0 bridgehead atoms. The summed E-state index contributed by atoms with van der Waals surface area (Å²) in [6.07, 6.45) is 3.88. The van der Waals surface area contributed by atoms with Crippen LogP contribution in [0, 0.1) is 5.82 Å². The molecule has 0 aromatic heterocycles. The Kier molecular flexibility index (Phi) is 5.38. The molecule has 20 heavy (non-hydrogen) atoms. The minimum Gasteiger partial charge on any atom is -0.381 e. The Morgan fingerprint density at radius 3 is 2.65 bits per heavy atom. The van der Waals surface area contributed by atoms with Crippen molar-refractivity contribution in [1.82, 2.24) is 0 Å². The Balaban J connectivity index is 2.03. The van der Waals surface area contributed by atoms with Crippen molar-refractivity contribution in [2.75, 3.05) is 25.1 Å². The van der Waals surface area contributed by atoms with Crippen molar-refractivity contribution in [3.8, 4) is 0 Å². The van der Waals surface area contributed by atoms with Gasteiger partial charge in [-0.05, 0) is 43.4 Å². The van der Waals surface area contributed by atoms with Gasteiger partial charge in [-0.2, -0.15) is 0 Å². The highest BCUT2D eigenvalue weighted by Gasteiger charge is 2.21. The topological polar surface area (TPSA) is 38.5 Å². The lowest BCUT2D eigenvalue weighted by molar-refractivity contribution is 0.0818. The lowest BCUT2D eigenvalue weighted by Crippen LogP contribution is -2.37. The predicted octanol–water partition coefficient (Wildman–Crippen LogP) is 2.72. The smallest absolute Gasteiger partial charge is 0.146 e. The molecule has 1 atom stereocenters. The van der Waals surface area contributed by atoms with Gasteiger partial charge in [0.05, 0.1) is 11.8 Å². The third-order valence-electron chi connectivity index (χ3n) is 4.15. The average molecular weight is 280 g/mol. The Morgan fingerprint density at radius 1 is 1.40 bits per heavy atom. The van der Waals surface area contributed by atoms with E-state index in [0.717, 1.165) is 44.3 Å². The summed E-state index contributed by atoms with van der Waals surface area (Å²) in [6.45, 7) is 3.75. The fourth-order valence-electron chi connectivity index (χ4n) is 2.71. The van der Waals surface area contributed by atoms with Crippen LogP contribution in [0.15, 0.2) is 18.2 Å². The van der Waals surface area contributed by atoms with E-state index >= 15 is 0 Å². The van der Waals surface area contributed by atoms with Crippen molar-refractivity contribution in [2.45, 2.75) is 44.8 Å². The second kappa shape index (κ2) is 7.04. The summed E-state index contributed by atoms with van der Waals surface area (Å²) < 4.78 is 19.6. The summed E-state index contributed by atoms with van der Waals surface area (Å²) in [5.41, 5.74) is 7.60. The normalized spacial score (nSPS) is 18.3. The van der Waals surface area contributed by atoms with Gasteiger partial charge >= 0.3 is 0 Å². The molecular weight excluding hydrogens is 255 g/mol. The van der Waals surface area contributed by atoms with E-state index in [1.54, 1.807) is 13.2 Å². The van der Waals surface area contributed by atoms with Crippen LogP contribution in [0.2, 0.25) is 0 Å². The molecule has 1 heterocycles. The van der Waals surface area contributed by atoms with Crippen molar-refractivity contribution in [3.63, 3.8) is 0 Å². The van der Waals surface area contributed by atoms with Crippen molar-refractivity contribution < 1.29 is 9.13 Å². The molecule has 1 saturated heterocycles. The van der Waals surface area contributed by atoms with E-state index in [9.17, 15) is 4.39 Å². The van der Waals surface area contributed by atoms with Crippen LogP contribution >= 0.6 is 0 Å². The number of rotatable bonds is 5. The minimum absolute atomic E-state index is 0.109. The Hall–Kier alpha value is -1.13. The quantitative estimate of drug-likeness (QED) is 0.901. The van der Waals surface area contributed by atoms with E-state index in [1.807, 2.05) is 12.1 Å². The number of piperidine rings is 1. The van der Waals surface area contributed by atoms with E-state index in [4.69, 9.17) is 10.5 Å². The summed E-state index contributed by atoms with van der Waals surface area (Å²) >= 11 is 0. The molecule has 112 valence electrons. The first-order valence-electron chi connectivity index (χ1n) is 7.45. The van der Waals surface area contributed by atoms with Gasteiger partial charge < -0.3 is 15.4 Å². The fraction of sp³-hybridized carbons (Fsp3) is 0.625. The molecule has 1 aliphatic rings. The van der Waals surface area contributed by atoms with Gasteiger partial charge in [0.2, 0.25) is 0 Å². The SMILES string of the molecule is CCC(N)Cc1ccc(N2CCC(OC)CC2)c(F)c1. The highest BCUT2D eigenvalue weighted by atomic mass is 19.1. The first-order chi connectivity index (χ1) is 9.63. The number of anilines is 1. The number of nitrogens with two attached hydrogens (primary N) is 1. The van der Waals surface area contributed by atoms with Gasteiger partial charge in [-0.25, -0.2) is 4.39 Å². The van der Waals surface area contributed by atoms with Gasteiger partial charge in [0.15, 0.2) is 0 Å². The minimum atomic E-state index is -0.137. The second-order valence-electron chi connectivity index (χ2n) is 5.58. The molecule has 0 amide bonds. The van der Waals surface area contributed by atoms with Crippen molar-refractivity contribution in [2.24, 2.45) is 5.73 Å². The molecule has 1 unspecified atom stereocenters. The van der Waals surface area contributed by atoms with Gasteiger partial charge in [-0.15, -0.1) is 0 Å².